The Balaban J connectivity index is 1.51. The van der Waals surface area contributed by atoms with Crippen molar-refractivity contribution in [2.24, 2.45) is 0 Å². The summed E-state index contributed by atoms with van der Waals surface area (Å²) in [5, 5.41) is 0. The number of rotatable bonds is 7. The summed E-state index contributed by atoms with van der Waals surface area (Å²) in [6.45, 7) is 0.194. The molecule has 0 N–H and O–H groups in total. The van der Waals surface area contributed by atoms with E-state index in [1.807, 2.05) is 97.1 Å². The number of para-hydroxylation sites is 2. The molecule has 1 aromatic heterocycles. The summed E-state index contributed by atoms with van der Waals surface area (Å²) in [4.78, 5) is 17.4. The zero-order valence-electron chi connectivity index (χ0n) is 15.9. The fourth-order valence-electron chi connectivity index (χ4n) is 3.14. The van der Waals surface area contributed by atoms with E-state index in [4.69, 9.17) is 9.15 Å². The molecule has 0 aliphatic rings. The highest BCUT2D eigenvalue weighted by atomic mass is 16.5. The third-order valence-electron chi connectivity index (χ3n) is 4.61. The van der Waals surface area contributed by atoms with Crippen molar-refractivity contribution < 1.29 is 13.9 Å². The number of carbonyl (C=O) groups excluding carboxylic acids is 1. The molecule has 0 spiro atoms. The molecule has 4 aromatic rings. The molecule has 0 amide bonds. The van der Waals surface area contributed by atoms with Gasteiger partial charge >= 0.3 is 5.97 Å². The van der Waals surface area contributed by atoms with Crippen LogP contribution in [0.5, 0.6) is 0 Å². The maximum absolute atomic E-state index is 12.9. The monoisotopic (exact) mass is 383 g/mol. The van der Waals surface area contributed by atoms with E-state index in [2.05, 4.69) is 4.98 Å². The number of carbonyl (C=O) groups is 1. The number of fused-ring (bicyclic) bond motifs is 1. The van der Waals surface area contributed by atoms with Gasteiger partial charge in [0.25, 0.3) is 0 Å². The molecular formula is C25H21NO3. The summed E-state index contributed by atoms with van der Waals surface area (Å²) in [5.74, 6) is -0.569. The molecule has 0 fully saturated rings. The van der Waals surface area contributed by atoms with E-state index in [-0.39, 0.29) is 12.6 Å². The van der Waals surface area contributed by atoms with Crippen LogP contribution in [0.3, 0.4) is 0 Å². The van der Waals surface area contributed by atoms with Gasteiger partial charge in [-0.15, -0.1) is 0 Å². The zero-order chi connectivity index (χ0) is 19.9. The number of benzene rings is 3. The first-order valence-electron chi connectivity index (χ1n) is 9.57. The van der Waals surface area contributed by atoms with E-state index >= 15 is 0 Å². The van der Waals surface area contributed by atoms with Crippen LogP contribution in [0.4, 0.5) is 0 Å². The van der Waals surface area contributed by atoms with Gasteiger partial charge in [-0.2, -0.15) is 0 Å². The molecule has 4 nitrogen and oxygen atoms in total. The number of hydrogen-bond acceptors (Lipinski definition) is 4. The number of aromatic nitrogens is 1. The van der Waals surface area contributed by atoms with Crippen LogP contribution in [-0.2, 0) is 16.0 Å². The van der Waals surface area contributed by atoms with Gasteiger partial charge < -0.3 is 9.15 Å². The van der Waals surface area contributed by atoms with Gasteiger partial charge in [-0.25, -0.2) is 4.98 Å². The van der Waals surface area contributed by atoms with Gasteiger partial charge in [0.05, 0.1) is 0 Å². The molecule has 144 valence electrons. The lowest BCUT2D eigenvalue weighted by atomic mass is 9.99. The Bertz CT molecular complexity index is 1070. The van der Waals surface area contributed by atoms with Gasteiger partial charge in [-0.05, 0) is 35.8 Å². The van der Waals surface area contributed by atoms with E-state index in [0.29, 0.717) is 17.9 Å². The van der Waals surface area contributed by atoms with Crippen LogP contribution in [0.15, 0.2) is 95.4 Å². The Morgan fingerprint density at radius 2 is 1.62 bits per heavy atom. The van der Waals surface area contributed by atoms with Crippen molar-refractivity contribution in [2.45, 2.75) is 12.3 Å². The third-order valence-corrected chi connectivity index (χ3v) is 4.61. The Kier molecular flexibility index (Phi) is 5.81. The summed E-state index contributed by atoms with van der Waals surface area (Å²) in [5.41, 5.74) is 3.48. The van der Waals surface area contributed by atoms with E-state index in [1.54, 1.807) is 0 Å². The van der Waals surface area contributed by atoms with E-state index in [9.17, 15) is 4.79 Å². The minimum absolute atomic E-state index is 0.194. The van der Waals surface area contributed by atoms with Crippen molar-refractivity contribution in [2.75, 3.05) is 6.61 Å². The topological polar surface area (TPSA) is 52.3 Å². The fraction of sp³-hybridized carbons (Fsp3) is 0.120. The SMILES string of the molecule is O=C(OC/C=C/c1ccccc1)C(Cc1ccccc1)c1nc2ccccc2o1. The molecule has 1 unspecified atom stereocenters. The lowest BCUT2D eigenvalue weighted by molar-refractivity contribution is -0.144. The molecule has 0 aliphatic heterocycles. The van der Waals surface area contributed by atoms with Gasteiger partial charge in [0.2, 0.25) is 5.89 Å². The van der Waals surface area contributed by atoms with Crippen LogP contribution < -0.4 is 0 Å². The number of hydrogen-bond donors (Lipinski definition) is 0. The first-order valence-corrected chi connectivity index (χ1v) is 9.57. The van der Waals surface area contributed by atoms with E-state index in [1.165, 1.54) is 0 Å². The molecule has 4 rings (SSSR count). The second-order valence-electron chi connectivity index (χ2n) is 6.71. The summed E-state index contributed by atoms with van der Waals surface area (Å²) in [6.07, 6.45) is 4.23. The third kappa shape index (κ3) is 4.79. The summed E-state index contributed by atoms with van der Waals surface area (Å²) in [7, 11) is 0. The van der Waals surface area contributed by atoms with Gasteiger partial charge in [0.1, 0.15) is 18.0 Å². The first kappa shape index (κ1) is 18.7. The van der Waals surface area contributed by atoms with Crippen LogP contribution in [0.25, 0.3) is 17.2 Å². The van der Waals surface area contributed by atoms with E-state index in [0.717, 1.165) is 16.6 Å². The van der Waals surface area contributed by atoms with Crippen LogP contribution in [0.2, 0.25) is 0 Å². The standard InChI is InChI=1S/C25H21NO3/c27-25(28-17-9-14-19-10-3-1-4-11-19)21(18-20-12-5-2-6-13-20)24-26-22-15-7-8-16-23(22)29-24/h1-16,21H,17-18H2/b14-9+. The fourth-order valence-corrected chi connectivity index (χ4v) is 3.14. The van der Waals surface area contributed by atoms with Crippen LogP contribution in [0, 0.1) is 0 Å². The van der Waals surface area contributed by atoms with Gasteiger partial charge in [0, 0.05) is 0 Å². The van der Waals surface area contributed by atoms with Crippen molar-refractivity contribution in [1.29, 1.82) is 0 Å². The van der Waals surface area contributed by atoms with Crippen LogP contribution >= 0.6 is 0 Å². The minimum Gasteiger partial charge on any atom is -0.461 e. The molecule has 0 saturated carbocycles. The van der Waals surface area contributed by atoms with Gasteiger partial charge in [-0.1, -0.05) is 78.9 Å². The summed E-state index contributed by atoms with van der Waals surface area (Å²) in [6, 6.07) is 27.2. The Labute approximate surface area is 169 Å². The molecule has 0 bridgehead atoms. The largest absolute Gasteiger partial charge is 0.461 e. The van der Waals surface area contributed by atoms with Crippen LogP contribution in [-0.4, -0.2) is 17.6 Å². The molecule has 1 heterocycles. The predicted octanol–water partition coefficient (Wildman–Crippen LogP) is 5.41. The maximum Gasteiger partial charge on any atom is 0.319 e. The molecule has 3 aromatic carbocycles. The Morgan fingerprint density at radius 1 is 0.931 bits per heavy atom. The highest BCUT2D eigenvalue weighted by Crippen LogP contribution is 2.26. The minimum atomic E-state index is -0.602. The number of esters is 1. The Morgan fingerprint density at radius 3 is 2.38 bits per heavy atom. The second kappa shape index (κ2) is 9.02. The molecule has 1 atom stereocenters. The summed E-state index contributed by atoms with van der Waals surface area (Å²) < 4.78 is 11.4. The highest BCUT2D eigenvalue weighted by Gasteiger charge is 2.28. The molecule has 0 saturated heterocycles. The zero-order valence-corrected chi connectivity index (χ0v) is 15.9. The smallest absolute Gasteiger partial charge is 0.319 e. The lowest BCUT2D eigenvalue weighted by Gasteiger charge is -2.12. The average molecular weight is 383 g/mol. The predicted molar refractivity (Wildman–Crippen MR) is 113 cm³/mol. The van der Waals surface area contributed by atoms with Crippen molar-refractivity contribution in [1.82, 2.24) is 4.98 Å². The molecular weight excluding hydrogens is 362 g/mol. The van der Waals surface area contributed by atoms with Gasteiger partial charge in [0.15, 0.2) is 5.58 Å². The Hall–Kier alpha value is -3.66. The number of nitrogens with zero attached hydrogens (tertiary/aromatic N) is 1. The molecule has 0 radical (unpaired) electrons. The normalized spacial score (nSPS) is 12.3. The van der Waals surface area contributed by atoms with Crippen molar-refractivity contribution in [3.8, 4) is 0 Å². The van der Waals surface area contributed by atoms with E-state index < -0.39 is 5.92 Å². The van der Waals surface area contributed by atoms with Crippen molar-refractivity contribution >= 4 is 23.1 Å². The van der Waals surface area contributed by atoms with Crippen molar-refractivity contribution in [3.63, 3.8) is 0 Å². The van der Waals surface area contributed by atoms with Crippen molar-refractivity contribution in [3.05, 3.63) is 108 Å². The quantitative estimate of drug-likeness (QED) is 0.400. The average Bonchev–Trinajstić information content (AvgIpc) is 3.20. The summed E-state index contributed by atoms with van der Waals surface area (Å²) >= 11 is 0. The number of ether oxygens (including phenoxy) is 1. The van der Waals surface area contributed by atoms with Crippen LogP contribution in [0.1, 0.15) is 22.9 Å². The molecule has 0 aliphatic carbocycles. The number of oxazole rings is 1. The molecule has 29 heavy (non-hydrogen) atoms. The highest BCUT2D eigenvalue weighted by molar-refractivity contribution is 5.79. The first-order chi connectivity index (χ1) is 14.3. The lowest BCUT2D eigenvalue weighted by Crippen LogP contribution is -2.19. The van der Waals surface area contributed by atoms with Gasteiger partial charge in [-0.3, -0.25) is 4.79 Å². The maximum atomic E-state index is 12.9. The second-order valence-corrected chi connectivity index (χ2v) is 6.71. The molecule has 4 heteroatoms.